The van der Waals surface area contributed by atoms with Crippen LogP contribution in [0.15, 0.2) is 47.2 Å². The highest BCUT2D eigenvalue weighted by Gasteiger charge is 1.97. The maximum atomic E-state index is 5.61. The third-order valence-corrected chi connectivity index (χ3v) is 2.38. The topological polar surface area (TPSA) is 38.9 Å². The number of hydrogen-bond donors (Lipinski definition) is 1. The number of anilines is 1. The van der Waals surface area contributed by atoms with E-state index in [4.69, 9.17) is 5.73 Å². The van der Waals surface area contributed by atoms with E-state index >= 15 is 0 Å². The summed E-state index contributed by atoms with van der Waals surface area (Å²) < 4.78 is 0.979. The van der Waals surface area contributed by atoms with Gasteiger partial charge in [0, 0.05) is 28.1 Å². The van der Waals surface area contributed by atoms with E-state index in [1.807, 2.05) is 36.5 Å². The minimum atomic E-state index is 0. The molecule has 0 atom stereocenters. The van der Waals surface area contributed by atoms with Gasteiger partial charge in [0.25, 0.3) is 0 Å². The quantitative estimate of drug-likeness (QED) is 0.814. The van der Waals surface area contributed by atoms with Crippen LogP contribution in [0.3, 0.4) is 0 Å². The van der Waals surface area contributed by atoms with Gasteiger partial charge >= 0.3 is 0 Å². The van der Waals surface area contributed by atoms with E-state index in [1.54, 1.807) is 6.20 Å². The fourth-order valence-electron chi connectivity index (χ4n) is 1.25. The van der Waals surface area contributed by atoms with Gasteiger partial charge in [0.2, 0.25) is 0 Å². The molecule has 0 fully saturated rings. The first kappa shape index (κ1) is 12.0. The Bertz CT molecular complexity index is 443. The average molecular weight is 286 g/mol. The zero-order chi connectivity index (χ0) is 9.97. The molecule has 0 aliphatic rings. The number of benzene rings is 1. The molecule has 1 aromatic carbocycles. The van der Waals surface area contributed by atoms with Gasteiger partial charge in [-0.05, 0) is 39.7 Å². The van der Waals surface area contributed by atoms with Crippen molar-refractivity contribution in [3.63, 3.8) is 0 Å². The van der Waals surface area contributed by atoms with E-state index in [9.17, 15) is 0 Å². The number of aromatic nitrogens is 1. The van der Waals surface area contributed by atoms with Gasteiger partial charge in [-0.1, -0.05) is 12.1 Å². The van der Waals surface area contributed by atoms with Crippen molar-refractivity contribution < 1.29 is 0 Å². The highest BCUT2D eigenvalue weighted by Crippen LogP contribution is 2.22. The van der Waals surface area contributed by atoms with Crippen molar-refractivity contribution in [3.8, 4) is 11.1 Å². The summed E-state index contributed by atoms with van der Waals surface area (Å²) in [6.07, 6.45) is 3.59. The van der Waals surface area contributed by atoms with Crippen LogP contribution in [0.2, 0.25) is 0 Å². The molecular weight excluding hydrogens is 275 g/mol. The van der Waals surface area contributed by atoms with Crippen LogP contribution in [0, 0.1) is 0 Å². The molecule has 0 aliphatic carbocycles. The number of nitrogens with two attached hydrogens (primary N) is 1. The molecule has 0 saturated carbocycles. The van der Waals surface area contributed by atoms with Gasteiger partial charge in [0.1, 0.15) is 0 Å². The first-order chi connectivity index (χ1) is 6.75. The van der Waals surface area contributed by atoms with E-state index < -0.39 is 0 Å². The lowest BCUT2D eigenvalue weighted by Gasteiger charge is -2.01. The van der Waals surface area contributed by atoms with Gasteiger partial charge in [0.05, 0.1) is 0 Å². The first-order valence-electron chi connectivity index (χ1n) is 4.22. The summed E-state index contributed by atoms with van der Waals surface area (Å²) in [4.78, 5) is 4.10. The van der Waals surface area contributed by atoms with Gasteiger partial charge in [0.15, 0.2) is 0 Å². The van der Waals surface area contributed by atoms with Crippen LogP contribution in [-0.2, 0) is 0 Å². The zero-order valence-electron chi connectivity index (χ0n) is 7.85. The van der Waals surface area contributed by atoms with Crippen LogP contribution in [0.4, 0.5) is 5.69 Å². The van der Waals surface area contributed by atoms with Gasteiger partial charge in [-0.3, -0.25) is 4.98 Å². The van der Waals surface area contributed by atoms with E-state index in [0.29, 0.717) is 0 Å². The first-order valence-corrected chi connectivity index (χ1v) is 5.01. The number of halogens is 2. The molecule has 0 radical (unpaired) electrons. The maximum Gasteiger partial charge on any atom is 0.0410 e. The van der Waals surface area contributed by atoms with Crippen LogP contribution < -0.4 is 5.73 Å². The summed E-state index contributed by atoms with van der Waals surface area (Å²) in [5.74, 6) is 0. The standard InChI is InChI=1S/C11H9BrN2.ClH/c12-10-5-9(6-14-7-10)8-1-3-11(13)4-2-8;/h1-7H,13H2;1H. The lowest BCUT2D eigenvalue weighted by atomic mass is 10.1. The number of pyridine rings is 1. The molecule has 1 aromatic heterocycles. The Morgan fingerprint density at radius 2 is 1.67 bits per heavy atom. The monoisotopic (exact) mass is 284 g/mol. The number of nitrogens with zero attached hydrogens (tertiary/aromatic N) is 1. The molecule has 2 rings (SSSR count). The molecule has 15 heavy (non-hydrogen) atoms. The Morgan fingerprint density at radius 1 is 1.00 bits per heavy atom. The van der Waals surface area contributed by atoms with Gasteiger partial charge in [-0.25, -0.2) is 0 Å². The predicted molar refractivity (Wildman–Crippen MR) is 69.0 cm³/mol. The largest absolute Gasteiger partial charge is 0.399 e. The van der Waals surface area contributed by atoms with Gasteiger partial charge in [-0.15, -0.1) is 12.4 Å². The van der Waals surface area contributed by atoms with Gasteiger partial charge in [-0.2, -0.15) is 0 Å². The molecule has 0 saturated heterocycles. The second kappa shape index (κ2) is 5.14. The Kier molecular flexibility index (Phi) is 4.12. The highest BCUT2D eigenvalue weighted by molar-refractivity contribution is 9.10. The van der Waals surface area contributed by atoms with E-state index in [2.05, 4.69) is 20.9 Å². The van der Waals surface area contributed by atoms with Crippen LogP contribution >= 0.6 is 28.3 Å². The molecule has 0 aliphatic heterocycles. The third kappa shape index (κ3) is 2.94. The van der Waals surface area contributed by atoms with E-state index in [0.717, 1.165) is 21.3 Å². The minimum Gasteiger partial charge on any atom is -0.399 e. The molecule has 1 heterocycles. The normalized spacial score (nSPS) is 9.40. The highest BCUT2D eigenvalue weighted by atomic mass is 79.9. The molecule has 4 heteroatoms. The van der Waals surface area contributed by atoms with Crippen molar-refractivity contribution >= 4 is 34.0 Å². The van der Waals surface area contributed by atoms with Crippen molar-refractivity contribution in [1.82, 2.24) is 4.98 Å². The maximum absolute atomic E-state index is 5.61. The third-order valence-electron chi connectivity index (χ3n) is 1.95. The SMILES string of the molecule is Cl.Nc1ccc(-c2cncc(Br)c2)cc1. The van der Waals surface area contributed by atoms with E-state index in [1.165, 1.54) is 0 Å². The molecular formula is C11H10BrClN2. The Hall–Kier alpha value is -1.06. The van der Waals surface area contributed by atoms with Crippen molar-refractivity contribution in [2.45, 2.75) is 0 Å². The molecule has 2 nitrogen and oxygen atoms in total. The molecule has 2 N–H and O–H groups in total. The second-order valence-corrected chi connectivity index (χ2v) is 3.93. The minimum absolute atomic E-state index is 0. The number of hydrogen-bond acceptors (Lipinski definition) is 2. The van der Waals surface area contributed by atoms with Gasteiger partial charge < -0.3 is 5.73 Å². The molecule has 78 valence electrons. The molecule has 0 spiro atoms. The average Bonchev–Trinajstić information content (AvgIpc) is 2.19. The molecule has 0 bridgehead atoms. The molecule has 0 amide bonds. The Labute approximate surface area is 103 Å². The summed E-state index contributed by atoms with van der Waals surface area (Å²) in [7, 11) is 0. The van der Waals surface area contributed by atoms with Crippen LogP contribution in [0.5, 0.6) is 0 Å². The fourth-order valence-corrected chi connectivity index (χ4v) is 1.61. The number of nitrogen functional groups attached to an aromatic ring is 1. The summed E-state index contributed by atoms with van der Waals surface area (Å²) >= 11 is 3.39. The molecule has 2 aromatic rings. The van der Waals surface area contributed by atoms with E-state index in [-0.39, 0.29) is 12.4 Å². The second-order valence-electron chi connectivity index (χ2n) is 3.01. The number of rotatable bonds is 1. The lowest BCUT2D eigenvalue weighted by molar-refractivity contribution is 1.31. The smallest absolute Gasteiger partial charge is 0.0410 e. The Morgan fingerprint density at radius 3 is 2.27 bits per heavy atom. The summed E-state index contributed by atoms with van der Waals surface area (Å²) in [5, 5.41) is 0. The van der Waals surface area contributed by atoms with Crippen molar-refractivity contribution in [1.29, 1.82) is 0 Å². The lowest BCUT2D eigenvalue weighted by Crippen LogP contribution is -1.84. The van der Waals surface area contributed by atoms with Crippen molar-refractivity contribution in [3.05, 3.63) is 47.2 Å². The van der Waals surface area contributed by atoms with Crippen molar-refractivity contribution in [2.75, 3.05) is 5.73 Å². The molecule has 0 unspecified atom stereocenters. The van der Waals surface area contributed by atoms with Crippen LogP contribution in [-0.4, -0.2) is 4.98 Å². The van der Waals surface area contributed by atoms with Crippen LogP contribution in [0.25, 0.3) is 11.1 Å². The predicted octanol–water partition coefficient (Wildman–Crippen LogP) is 3.52. The van der Waals surface area contributed by atoms with Crippen molar-refractivity contribution in [2.24, 2.45) is 0 Å². The summed E-state index contributed by atoms with van der Waals surface area (Å²) in [5.41, 5.74) is 8.59. The Balaban J connectivity index is 0.00000112. The fraction of sp³-hybridized carbons (Fsp3) is 0. The van der Waals surface area contributed by atoms with Crippen LogP contribution in [0.1, 0.15) is 0 Å². The zero-order valence-corrected chi connectivity index (χ0v) is 10.3. The summed E-state index contributed by atoms with van der Waals surface area (Å²) in [6, 6.07) is 9.77. The summed E-state index contributed by atoms with van der Waals surface area (Å²) in [6.45, 7) is 0.